The minimum Gasteiger partial charge on any atom is -0.378 e. The van der Waals surface area contributed by atoms with Crippen molar-refractivity contribution >= 4 is 75.8 Å². The molecule has 0 aliphatic carbocycles. The molecule has 78 heavy (non-hydrogen) atoms. The number of carbonyl (C=O) groups excluding carboxylic acids is 4. The molecule has 0 unspecified atom stereocenters. The molecule has 24 heteroatoms. The van der Waals surface area contributed by atoms with Crippen LogP contribution in [0.4, 0.5) is 8.78 Å². The highest BCUT2D eigenvalue weighted by atomic mass is 28.3. The summed E-state index contributed by atoms with van der Waals surface area (Å²) in [6.07, 6.45) is 6.43. The van der Waals surface area contributed by atoms with Crippen molar-refractivity contribution in [1.82, 2.24) is 69.5 Å². The standard InChI is InChI=1S/C30H40FN7O4Si.C24H26FN7O3/c1-30(2,3)34-29(40)22-17-37(19-42-13-14-43(4,5)6)28-27(22)33-23(16-32-28)26-21-8-7-20(31)15-24(21)38(35-26)18-25(39)36-9-11-41-12-10-36;1-24(2,3)29-23(34)16-11-26-22-21(16)28-17(12-27-22)20-15-5-4-14(25)10-18(15)32(30-20)13-19(33)31-6-8-35-9-7-31/h7-8,15-17H,9-14,18-19H2,1-6H3,(H,34,40);4-5,10-12H,6-9,13H2,1-3H3,(H,26,27)(H,29,34). The van der Waals surface area contributed by atoms with Crippen molar-refractivity contribution < 1.29 is 42.2 Å². The van der Waals surface area contributed by atoms with Gasteiger partial charge in [0.05, 0.1) is 61.0 Å². The summed E-state index contributed by atoms with van der Waals surface area (Å²) in [6, 6.07) is 9.65. The van der Waals surface area contributed by atoms with Gasteiger partial charge in [-0.1, -0.05) is 19.6 Å². The predicted molar refractivity (Wildman–Crippen MR) is 292 cm³/mol. The molecule has 8 heterocycles. The second-order valence-corrected chi connectivity index (χ2v) is 28.3. The third-order valence-corrected chi connectivity index (χ3v) is 14.6. The van der Waals surface area contributed by atoms with E-state index in [1.807, 2.05) is 41.5 Å². The first-order valence-corrected chi connectivity index (χ1v) is 29.7. The first-order valence-electron chi connectivity index (χ1n) is 26.0. The minimum atomic E-state index is -1.27. The summed E-state index contributed by atoms with van der Waals surface area (Å²) in [5.74, 6) is -1.67. The van der Waals surface area contributed by atoms with Gasteiger partial charge >= 0.3 is 0 Å². The summed E-state index contributed by atoms with van der Waals surface area (Å²) in [7, 11) is -1.27. The van der Waals surface area contributed by atoms with Crippen LogP contribution in [0.3, 0.4) is 0 Å². The molecular formula is C54H66F2N14O7Si. The predicted octanol–water partition coefficient (Wildman–Crippen LogP) is 6.79. The fourth-order valence-electron chi connectivity index (χ4n) is 8.96. The highest BCUT2D eigenvalue weighted by Crippen LogP contribution is 2.32. The highest BCUT2D eigenvalue weighted by molar-refractivity contribution is 6.76. The average Bonchev–Trinajstić information content (AvgIpc) is 4.16. The Balaban J connectivity index is 0.000000193. The Morgan fingerprint density at radius 3 is 1.68 bits per heavy atom. The molecule has 3 N–H and O–H groups in total. The van der Waals surface area contributed by atoms with E-state index in [4.69, 9.17) is 24.3 Å². The molecule has 4 amide bonds. The van der Waals surface area contributed by atoms with E-state index >= 15 is 0 Å². The third kappa shape index (κ3) is 12.9. The van der Waals surface area contributed by atoms with Crippen LogP contribution in [0.1, 0.15) is 62.3 Å². The van der Waals surface area contributed by atoms with Crippen molar-refractivity contribution in [3.63, 3.8) is 0 Å². The van der Waals surface area contributed by atoms with Gasteiger partial charge in [0, 0.05) is 75.1 Å². The lowest BCUT2D eigenvalue weighted by molar-refractivity contribution is -0.136. The summed E-state index contributed by atoms with van der Waals surface area (Å²) in [5, 5.41) is 16.5. The Kier molecular flexibility index (Phi) is 15.9. The number of hydrogen-bond acceptors (Lipinski definition) is 13. The van der Waals surface area contributed by atoms with E-state index < -0.39 is 30.8 Å². The van der Waals surface area contributed by atoms with Crippen molar-refractivity contribution in [2.75, 3.05) is 59.2 Å². The smallest absolute Gasteiger partial charge is 0.255 e. The molecule has 0 radical (unpaired) electrons. The lowest BCUT2D eigenvalue weighted by atomic mass is 10.1. The molecule has 21 nitrogen and oxygen atoms in total. The molecule has 0 spiro atoms. The number of hydrogen-bond donors (Lipinski definition) is 3. The fourth-order valence-corrected chi connectivity index (χ4v) is 9.72. The largest absolute Gasteiger partial charge is 0.378 e. The SMILES string of the molecule is CC(C)(C)NC(=O)c1c[nH]c2ncc(-c3nn(CC(=O)N4CCOCC4)c4cc(F)ccc34)nc12.CC(C)(C)NC(=O)c1cn(COCC[Si](C)(C)C)c2ncc(-c3nn(CC(=O)N4CCOCC4)c4cc(F)ccc34)nc12. The quantitative estimate of drug-likeness (QED) is 0.0798. The van der Waals surface area contributed by atoms with Gasteiger partial charge in [-0.15, -0.1) is 0 Å². The van der Waals surface area contributed by atoms with Crippen molar-refractivity contribution in [1.29, 1.82) is 0 Å². The van der Waals surface area contributed by atoms with Crippen LogP contribution in [0.25, 0.3) is 66.9 Å². The van der Waals surface area contributed by atoms with E-state index in [2.05, 4.69) is 55.3 Å². The number of aromatic amines is 1. The Hall–Kier alpha value is -7.54. The Bertz CT molecular complexity index is 3540. The minimum absolute atomic E-state index is 0.0426. The lowest BCUT2D eigenvalue weighted by Gasteiger charge is -2.26. The van der Waals surface area contributed by atoms with Gasteiger partial charge < -0.3 is 44.2 Å². The summed E-state index contributed by atoms with van der Waals surface area (Å²) >= 11 is 0. The van der Waals surface area contributed by atoms with Gasteiger partial charge in [-0.3, -0.25) is 28.5 Å². The molecule has 2 aliphatic rings. The lowest BCUT2D eigenvalue weighted by Crippen LogP contribution is -2.42. The molecule has 2 fully saturated rings. The molecule has 0 atom stereocenters. The maximum absolute atomic E-state index is 14.4. The Morgan fingerprint density at radius 1 is 0.692 bits per heavy atom. The van der Waals surface area contributed by atoms with Crippen LogP contribution in [0.5, 0.6) is 0 Å². The molecule has 2 aromatic carbocycles. The van der Waals surface area contributed by atoms with Crippen LogP contribution in [-0.4, -0.2) is 161 Å². The molecule has 0 bridgehead atoms. The number of nitrogens with zero attached hydrogens (tertiary/aromatic N) is 11. The molecule has 2 aliphatic heterocycles. The zero-order valence-electron chi connectivity index (χ0n) is 45.5. The van der Waals surface area contributed by atoms with Crippen LogP contribution >= 0.6 is 0 Å². The normalized spacial score (nSPS) is 14.6. The number of amides is 4. The highest BCUT2D eigenvalue weighted by Gasteiger charge is 2.27. The van der Waals surface area contributed by atoms with Crippen LogP contribution < -0.4 is 10.6 Å². The van der Waals surface area contributed by atoms with Crippen molar-refractivity contribution in [3.8, 4) is 22.8 Å². The molecular weight excluding hydrogens is 1020 g/mol. The maximum Gasteiger partial charge on any atom is 0.255 e. The number of fused-ring (bicyclic) bond motifs is 4. The monoisotopic (exact) mass is 1090 g/mol. The number of rotatable bonds is 13. The molecule has 2 saturated heterocycles. The Labute approximate surface area is 450 Å². The second kappa shape index (κ2) is 22.4. The van der Waals surface area contributed by atoms with Gasteiger partial charge in [0.25, 0.3) is 11.8 Å². The van der Waals surface area contributed by atoms with Crippen LogP contribution in [0.15, 0.2) is 61.2 Å². The molecule has 8 aromatic rings. The van der Waals surface area contributed by atoms with E-state index in [0.717, 1.165) is 6.04 Å². The average molecular weight is 1090 g/mol. The first-order chi connectivity index (χ1) is 37.0. The van der Waals surface area contributed by atoms with Crippen molar-refractivity contribution in [2.24, 2.45) is 0 Å². The zero-order chi connectivity index (χ0) is 55.7. The number of aromatic nitrogens is 10. The summed E-state index contributed by atoms with van der Waals surface area (Å²) in [5.41, 5.74) is 4.29. The van der Waals surface area contributed by atoms with E-state index in [0.29, 0.717) is 137 Å². The van der Waals surface area contributed by atoms with Crippen molar-refractivity contribution in [2.45, 2.75) is 98.1 Å². The molecule has 412 valence electrons. The van der Waals surface area contributed by atoms with Gasteiger partial charge in [-0.25, -0.2) is 28.7 Å². The molecule has 10 rings (SSSR count). The van der Waals surface area contributed by atoms with Gasteiger partial charge in [-0.05, 0) is 84.0 Å². The van der Waals surface area contributed by atoms with Crippen LogP contribution in [-0.2, 0) is 43.6 Å². The van der Waals surface area contributed by atoms with Crippen molar-refractivity contribution in [3.05, 3.63) is 83.9 Å². The van der Waals surface area contributed by atoms with E-state index in [-0.39, 0.29) is 43.4 Å². The summed E-state index contributed by atoms with van der Waals surface area (Å²) < 4.78 is 49.9. The third-order valence-electron chi connectivity index (χ3n) is 12.8. The zero-order valence-corrected chi connectivity index (χ0v) is 46.5. The number of morpholine rings is 2. The van der Waals surface area contributed by atoms with Crippen LogP contribution in [0, 0.1) is 11.6 Å². The van der Waals surface area contributed by atoms with E-state index in [1.54, 1.807) is 51.3 Å². The number of benzene rings is 2. The molecule has 0 saturated carbocycles. The van der Waals surface area contributed by atoms with E-state index in [9.17, 15) is 28.0 Å². The number of nitrogens with one attached hydrogen (secondary N) is 3. The number of carbonyl (C=O) groups is 4. The second-order valence-electron chi connectivity index (χ2n) is 22.7. The maximum atomic E-state index is 14.4. The Morgan fingerprint density at radius 2 is 1.18 bits per heavy atom. The van der Waals surface area contributed by atoms with Gasteiger partial charge in [0.15, 0.2) is 11.3 Å². The van der Waals surface area contributed by atoms with Gasteiger partial charge in [0.2, 0.25) is 11.8 Å². The van der Waals surface area contributed by atoms with E-state index in [1.165, 1.54) is 33.6 Å². The topological polar surface area (TPSA) is 234 Å². The number of H-pyrrole nitrogens is 1. The molecule has 6 aromatic heterocycles. The number of halogens is 2. The fraction of sp³-hybridized carbons (Fsp3) is 0.444. The van der Waals surface area contributed by atoms with Gasteiger partial charge in [-0.2, -0.15) is 10.2 Å². The van der Waals surface area contributed by atoms with Gasteiger partial charge in [0.1, 0.15) is 65.3 Å². The van der Waals surface area contributed by atoms with Crippen LogP contribution in [0.2, 0.25) is 25.7 Å². The summed E-state index contributed by atoms with van der Waals surface area (Å²) in [4.78, 5) is 77.1. The summed E-state index contributed by atoms with van der Waals surface area (Å²) in [6.45, 7) is 23.0. The first kappa shape index (κ1) is 55.2. The number of ether oxygens (including phenoxy) is 3.